The highest BCUT2D eigenvalue weighted by atomic mass is 16.9. The fourth-order valence-corrected chi connectivity index (χ4v) is 4.71. The molecule has 2 bridgehead atoms. The first kappa shape index (κ1) is 11.6. The van der Waals surface area contributed by atoms with Crippen molar-refractivity contribution in [1.29, 1.82) is 0 Å². The molecule has 4 fully saturated rings. The molecule has 3 aliphatic heterocycles. The molecule has 3 heterocycles. The van der Waals surface area contributed by atoms with Gasteiger partial charge in [0.25, 0.3) is 0 Å². The first-order chi connectivity index (χ1) is 7.94. The molecule has 3 saturated heterocycles. The molecule has 0 aromatic heterocycles. The second-order valence-corrected chi connectivity index (χ2v) is 6.81. The summed E-state index contributed by atoms with van der Waals surface area (Å²) in [4.78, 5) is 0. The van der Waals surface area contributed by atoms with Crippen LogP contribution in [0.4, 0.5) is 0 Å². The summed E-state index contributed by atoms with van der Waals surface area (Å²) in [5, 5.41) is 32.3. The van der Waals surface area contributed by atoms with Crippen molar-refractivity contribution >= 4 is 0 Å². The Kier molecular flexibility index (Phi) is 1.46. The lowest BCUT2D eigenvalue weighted by Gasteiger charge is -2.42. The smallest absolute Gasteiger partial charge is 0.232 e. The molecule has 7 unspecified atom stereocenters. The third-order valence-corrected chi connectivity index (χ3v) is 5.69. The third kappa shape index (κ3) is 0.726. The van der Waals surface area contributed by atoms with Gasteiger partial charge in [0.15, 0.2) is 0 Å². The van der Waals surface area contributed by atoms with Crippen LogP contribution in [0.1, 0.15) is 34.1 Å². The molecular weight excluding hydrogens is 240 g/mol. The van der Waals surface area contributed by atoms with Crippen molar-refractivity contribution in [2.75, 3.05) is 0 Å². The molecule has 1 saturated carbocycles. The van der Waals surface area contributed by atoms with Gasteiger partial charge in [0.1, 0.15) is 11.2 Å². The highest BCUT2D eigenvalue weighted by Crippen LogP contribution is 2.76. The number of ether oxygens (including phenoxy) is 3. The maximum absolute atomic E-state index is 10.9. The largest absolute Gasteiger partial charge is 0.387 e. The molecular formula is C12H18O6. The van der Waals surface area contributed by atoms with Crippen molar-refractivity contribution in [2.24, 2.45) is 5.92 Å². The molecule has 4 rings (SSSR count). The van der Waals surface area contributed by atoms with Crippen molar-refractivity contribution < 1.29 is 29.5 Å². The molecule has 1 aliphatic carbocycles. The van der Waals surface area contributed by atoms with Crippen LogP contribution in [0, 0.1) is 5.92 Å². The Morgan fingerprint density at radius 3 is 2.11 bits per heavy atom. The summed E-state index contributed by atoms with van der Waals surface area (Å²) in [7, 11) is 0. The van der Waals surface area contributed by atoms with E-state index in [0.717, 1.165) is 0 Å². The van der Waals surface area contributed by atoms with Gasteiger partial charge in [-0.2, -0.15) is 0 Å². The Morgan fingerprint density at radius 1 is 0.889 bits per heavy atom. The molecule has 4 aliphatic rings. The first-order valence-electron chi connectivity index (χ1n) is 6.22. The Balaban J connectivity index is 2.05. The molecule has 6 nitrogen and oxygen atoms in total. The van der Waals surface area contributed by atoms with Crippen molar-refractivity contribution in [3.05, 3.63) is 0 Å². The van der Waals surface area contributed by atoms with E-state index in [0.29, 0.717) is 0 Å². The van der Waals surface area contributed by atoms with Crippen molar-refractivity contribution in [3.8, 4) is 0 Å². The van der Waals surface area contributed by atoms with Crippen LogP contribution in [-0.4, -0.2) is 49.5 Å². The summed E-state index contributed by atoms with van der Waals surface area (Å²) in [5.41, 5.74) is -3.83. The zero-order valence-corrected chi connectivity index (χ0v) is 10.9. The van der Waals surface area contributed by atoms with Crippen molar-refractivity contribution in [2.45, 2.75) is 68.3 Å². The molecule has 18 heavy (non-hydrogen) atoms. The van der Waals surface area contributed by atoms with E-state index in [1.54, 1.807) is 27.7 Å². The minimum atomic E-state index is -1.73. The Hall–Kier alpha value is -0.240. The van der Waals surface area contributed by atoms with Crippen LogP contribution in [-0.2, 0) is 14.2 Å². The van der Waals surface area contributed by atoms with Gasteiger partial charge >= 0.3 is 0 Å². The van der Waals surface area contributed by atoms with Crippen LogP contribution in [0.2, 0.25) is 0 Å². The van der Waals surface area contributed by atoms with Gasteiger partial charge in [0.05, 0.1) is 11.5 Å². The lowest BCUT2D eigenvalue weighted by molar-refractivity contribution is -0.337. The standard InChI is InChI=1S/C12H18O6/c1-7(13)5-11(14)6-8(7,2)16-10(4)12(6,15)18-9(11,3)17-10/h6,13-15H,5H2,1-4H3. The fraction of sp³-hybridized carbons (Fsp3) is 1.00. The molecule has 7 atom stereocenters. The average Bonchev–Trinajstić information content (AvgIpc) is 2.52. The van der Waals surface area contributed by atoms with Crippen molar-refractivity contribution in [1.82, 2.24) is 0 Å². The van der Waals surface area contributed by atoms with E-state index in [9.17, 15) is 15.3 Å². The van der Waals surface area contributed by atoms with Crippen LogP contribution < -0.4 is 0 Å². The van der Waals surface area contributed by atoms with Gasteiger partial charge in [-0.3, -0.25) is 0 Å². The summed E-state index contributed by atoms with van der Waals surface area (Å²) in [6.07, 6.45) is 0.0378. The number of fused-ring (bicyclic) bond motifs is 2. The molecule has 0 aromatic rings. The normalized spacial score (nSPS) is 76.5. The molecule has 3 N–H and O–H groups in total. The van der Waals surface area contributed by atoms with Gasteiger partial charge in [-0.25, -0.2) is 0 Å². The van der Waals surface area contributed by atoms with E-state index < -0.39 is 40.1 Å². The Labute approximate surface area is 104 Å². The average molecular weight is 258 g/mol. The summed E-state index contributed by atoms with van der Waals surface area (Å²) >= 11 is 0. The van der Waals surface area contributed by atoms with Gasteiger partial charge in [-0.15, -0.1) is 0 Å². The second kappa shape index (κ2) is 2.28. The summed E-state index contributed by atoms with van der Waals surface area (Å²) < 4.78 is 17.1. The first-order valence-corrected chi connectivity index (χ1v) is 6.22. The Bertz CT molecular complexity index is 471. The summed E-state index contributed by atoms with van der Waals surface area (Å²) in [6.45, 7) is 6.47. The van der Waals surface area contributed by atoms with Crippen LogP contribution >= 0.6 is 0 Å². The number of aliphatic hydroxyl groups is 3. The molecule has 0 radical (unpaired) electrons. The van der Waals surface area contributed by atoms with Gasteiger partial charge in [0.2, 0.25) is 17.4 Å². The summed E-state index contributed by atoms with van der Waals surface area (Å²) in [6, 6.07) is 0. The fourth-order valence-electron chi connectivity index (χ4n) is 4.71. The van der Waals surface area contributed by atoms with Crippen LogP contribution in [0.15, 0.2) is 0 Å². The Morgan fingerprint density at radius 2 is 1.50 bits per heavy atom. The third-order valence-electron chi connectivity index (χ3n) is 5.69. The summed E-state index contributed by atoms with van der Waals surface area (Å²) in [5.74, 6) is -5.19. The monoisotopic (exact) mass is 258 g/mol. The van der Waals surface area contributed by atoms with Crippen LogP contribution in [0.3, 0.4) is 0 Å². The van der Waals surface area contributed by atoms with E-state index in [1.807, 2.05) is 0 Å². The molecule has 6 heteroatoms. The lowest BCUT2D eigenvalue weighted by atomic mass is 9.74. The van der Waals surface area contributed by atoms with E-state index in [2.05, 4.69) is 0 Å². The lowest BCUT2D eigenvalue weighted by Crippen LogP contribution is -2.61. The van der Waals surface area contributed by atoms with Gasteiger partial charge in [-0.05, 0) is 27.7 Å². The zero-order chi connectivity index (χ0) is 13.4. The number of hydrogen-bond donors (Lipinski definition) is 3. The van der Waals surface area contributed by atoms with Gasteiger partial charge in [-0.1, -0.05) is 0 Å². The van der Waals surface area contributed by atoms with Gasteiger partial charge in [0, 0.05) is 6.42 Å². The van der Waals surface area contributed by atoms with Crippen LogP contribution in [0.25, 0.3) is 0 Å². The zero-order valence-electron chi connectivity index (χ0n) is 10.9. The predicted octanol–water partition coefficient (Wildman–Crippen LogP) is -0.541. The van der Waals surface area contributed by atoms with E-state index >= 15 is 0 Å². The second-order valence-electron chi connectivity index (χ2n) is 6.81. The number of rotatable bonds is 0. The quantitative estimate of drug-likeness (QED) is 0.541. The minimum absolute atomic E-state index is 0.0378. The topological polar surface area (TPSA) is 88.4 Å². The highest BCUT2D eigenvalue weighted by molar-refractivity contribution is 5.34. The minimum Gasteiger partial charge on any atom is -0.387 e. The van der Waals surface area contributed by atoms with E-state index in [1.165, 1.54) is 0 Å². The van der Waals surface area contributed by atoms with Crippen LogP contribution in [0.5, 0.6) is 0 Å². The SMILES string of the molecule is CC1(O)CC2(O)C3C1(C)OC1(C)OC2(C)OC31O. The highest BCUT2D eigenvalue weighted by Gasteiger charge is 2.95. The maximum atomic E-state index is 10.9. The van der Waals surface area contributed by atoms with E-state index in [4.69, 9.17) is 14.2 Å². The number of hydrogen-bond acceptors (Lipinski definition) is 6. The van der Waals surface area contributed by atoms with E-state index in [-0.39, 0.29) is 6.42 Å². The van der Waals surface area contributed by atoms with Crippen molar-refractivity contribution in [3.63, 3.8) is 0 Å². The maximum Gasteiger partial charge on any atom is 0.232 e. The molecule has 0 amide bonds. The predicted molar refractivity (Wildman–Crippen MR) is 57.1 cm³/mol. The van der Waals surface area contributed by atoms with Gasteiger partial charge < -0.3 is 29.5 Å². The molecule has 0 spiro atoms. The molecule has 0 aromatic carbocycles. The molecule has 102 valence electrons.